The van der Waals surface area contributed by atoms with Crippen molar-refractivity contribution in [3.05, 3.63) is 34.9 Å². The zero-order chi connectivity index (χ0) is 12.0. The first kappa shape index (κ1) is 10.4. The lowest BCUT2D eigenvalue weighted by Gasteiger charge is -1.99. The van der Waals surface area contributed by atoms with E-state index in [4.69, 9.17) is 10.3 Å². The van der Waals surface area contributed by atoms with Gasteiger partial charge in [0.1, 0.15) is 0 Å². The molecule has 0 bridgehead atoms. The summed E-state index contributed by atoms with van der Waals surface area (Å²) in [6.45, 7) is 0. The third-order valence-corrected chi connectivity index (χ3v) is 3.39. The molecular weight excluding hydrogens is 282 g/mol. The first-order chi connectivity index (χ1) is 8.15. The molecule has 0 unspecified atom stereocenters. The highest BCUT2D eigenvalue weighted by Gasteiger charge is 2.09. The average molecular weight is 292 g/mol. The summed E-state index contributed by atoms with van der Waals surface area (Å²) in [5.41, 5.74) is 7.64. The molecule has 0 radical (unpaired) electrons. The van der Waals surface area contributed by atoms with Gasteiger partial charge in [-0.05, 0) is 22.0 Å². The van der Waals surface area contributed by atoms with Gasteiger partial charge in [0.15, 0.2) is 11.6 Å². The Hall–Kier alpha value is -1.75. The highest BCUT2D eigenvalue weighted by atomic mass is 79.9. The van der Waals surface area contributed by atoms with Crippen LogP contribution in [0.15, 0.2) is 39.5 Å². The molecule has 0 aliphatic carbocycles. The van der Waals surface area contributed by atoms with Crippen LogP contribution >= 0.6 is 15.9 Å². The summed E-state index contributed by atoms with van der Waals surface area (Å²) in [4.78, 5) is 0. The highest BCUT2D eigenvalue weighted by molar-refractivity contribution is 9.10. The van der Waals surface area contributed by atoms with Crippen molar-refractivity contribution in [1.29, 1.82) is 0 Å². The van der Waals surface area contributed by atoms with Crippen LogP contribution in [0.1, 0.15) is 0 Å². The number of aryl methyl sites for hydroxylation is 1. The molecule has 2 aromatic heterocycles. The van der Waals surface area contributed by atoms with Crippen molar-refractivity contribution in [2.75, 3.05) is 5.73 Å². The molecule has 5 heteroatoms. The van der Waals surface area contributed by atoms with Gasteiger partial charge in [-0.3, -0.25) is 0 Å². The lowest BCUT2D eigenvalue weighted by atomic mass is 10.1. The fourth-order valence-corrected chi connectivity index (χ4v) is 2.56. The summed E-state index contributed by atoms with van der Waals surface area (Å²) in [6.07, 6.45) is 2.03. The Labute approximate surface area is 106 Å². The van der Waals surface area contributed by atoms with E-state index >= 15 is 0 Å². The molecule has 0 atom stereocenters. The van der Waals surface area contributed by atoms with Crippen LogP contribution in [-0.4, -0.2) is 9.72 Å². The number of hydrogen-bond acceptors (Lipinski definition) is 3. The van der Waals surface area contributed by atoms with E-state index < -0.39 is 0 Å². The van der Waals surface area contributed by atoms with Gasteiger partial charge in [0.2, 0.25) is 0 Å². The molecule has 3 rings (SSSR count). The van der Waals surface area contributed by atoms with Gasteiger partial charge in [-0.25, -0.2) is 0 Å². The van der Waals surface area contributed by atoms with Crippen molar-refractivity contribution in [3.63, 3.8) is 0 Å². The lowest BCUT2D eigenvalue weighted by molar-refractivity contribution is 0.436. The van der Waals surface area contributed by atoms with Crippen LogP contribution in [0.4, 0.5) is 5.82 Å². The number of anilines is 1. The van der Waals surface area contributed by atoms with Crippen LogP contribution in [-0.2, 0) is 7.05 Å². The number of nitrogen functional groups attached to an aromatic ring is 1. The molecule has 0 fully saturated rings. The number of benzene rings is 1. The first-order valence-electron chi connectivity index (χ1n) is 5.12. The maximum atomic E-state index is 5.55. The van der Waals surface area contributed by atoms with Gasteiger partial charge in [0.25, 0.3) is 0 Å². The largest absolute Gasteiger partial charge is 0.381 e. The molecule has 0 saturated heterocycles. The molecule has 3 aromatic rings. The maximum absolute atomic E-state index is 5.55. The predicted molar refractivity (Wildman–Crippen MR) is 70.5 cm³/mol. The monoisotopic (exact) mass is 291 g/mol. The summed E-state index contributed by atoms with van der Waals surface area (Å²) in [5.74, 6) is 1.08. The van der Waals surface area contributed by atoms with Gasteiger partial charge in [0, 0.05) is 40.2 Å². The number of rotatable bonds is 1. The minimum Gasteiger partial charge on any atom is -0.381 e. The van der Waals surface area contributed by atoms with Crippen molar-refractivity contribution >= 4 is 32.7 Å². The standard InChI is InChI=1S/C12H10BrN3O/c1-16-6-9(13)8-3-2-7(4-10(8)16)11-5-12(14)15-17-11/h2-6H,1H3,(H2,14,15). The summed E-state index contributed by atoms with van der Waals surface area (Å²) in [6, 6.07) is 7.82. The van der Waals surface area contributed by atoms with Crippen molar-refractivity contribution in [3.8, 4) is 11.3 Å². The second-order valence-electron chi connectivity index (χ2n) is 3.94. The van der Waals surface area contributed by atoms with Crippen LogP contribution < -0.4 is 5.73 Å². The molecule has 4 nitrogen and oxygen atoms in total. The SMILES string of the molecule is Cn1cc(Br)c2ccc(-c3cc(N)no3)cc21. The number of nitrogens with two attached hydrogens (primary N) is 1. The van der Waals surface area contributed by atoms with Gasteiger partial charge >= 0.3 is 0 Å². The molecule has 0 aliphatic heterocycles. The number of fused-ring (bicyclic) bond motifs is 1. The van der Waals surface area contributed by atoms with E-state index in [9.17, 15) is 0 Å². The molecular formula is C12H10BrN3O. The quantitative estimate of drug-likeness (QED) is 0.749. The van der Waals surface area contributed by atoms with Crippen LogP contribution in [0.5, 0.6) is 0 Å². The van der Waals surface area contributed by atoms with Crippen LogP contribution in [0.25, 0.3) is 22.2 Å². The second kappa shape index (κ2) is 3.63. The predicted octanol–water partition coefficient (Wildman–Crippen LogP) is 3.18. The minimum absolute atomic E-state index is 0.396. The van der Waals surface area contributed by atoms with Crippen LogP contribution in [0.2, 0.25) is 0 Å². The minimum atomic E-state index is 0.396. The topological polar surface area (TPSA) is 57.0 Å². The molecule has 2 heterocycles. The first-order valence-corrected chi connectivity index (χ1v) is 5.91. The fraction of sp³-hybridized carbons (Fsp3) is 0.0833. The number of nitrogens with zero attached hydrogens (tertiary/aromatic N) is 2. The van der Waals surface area contributed by atoms with Crippen molar-refractivity contribution in [2.24, 2.45) is 7.05 Å². The Kier molecular flexibility index (Phi) is 2.22. The van der Waals surface area contributed by atoms with E-state index in [2.05, 4.69) is 31.7 Å². The normalized spacial score (nSPS) is 11.2. The summed E-state index contributed by atoms with van der Waals surface area (Å²) >= 11 is 3.53. The zero-order valence-electron chi connectivity index (χ0n) is 9.14. The molecule has 86 valence electrons. The van der Waals surface area contributed by atoms with Gasteiger partial charge in [-0.15, -0.1) is 0 Å². The van der Waals surface area contributed by atoms with Crippen LogP contribution in [0.3, 0.4) is 0 Å². The molecule has 0 amide bonds. The van der Waals surface area contributed by atoms with Crippen molar-refractivity contribution < 1.29 is 4.52 Å². The van der Waals surface area contributed by atoms with Gasteiger partial charge in [0.05, 0.1) is 0 Å². The van der Waals surface area contributed by atoms with Crippen molar-refractivity contribution in [1.82, 2.24) is 9.72 Å². The Morgan fingerprint density at radius 3 is 2.88 bits per heavy atom. The smallest absolute Gasteiger partial charge is 0.169 e. The van der Waals surface area contributed by atoms with E-state index in [1.54, 1.807) is 6.07 Å². The van der Waals surface area contributed by atoms with Crippen LogP contribution in [0, 0.1) is 0 Å². The Bertz CT molecular complexity index is 699. The third-order valence-electron chi connectivity index (χ3n) is 2.75. The van der Waals surface area contributed by atoms with E-state index in [1.807, 2.05) is 25.4 Å². The molecule has 0 aliphatic rings. The number of hydrogen-bond donors (Lipinski definition) is 1. The Morgan fingerprint density at radius 2 is 2.18 bits per heavy atom. The summed E-state index contributed by atoms with van der Waals surface area (Å²) in [5, 5.41) is 4.86. The summed E-state index contributed by atoms with van der Waals surface area (Å²) in [7, 11) is 2.01. The second-order valence-corrected chi connectivity index (χ2v) is 4.79. The fourth-order valence-electron chi connectivity index (χ4n) is 1.91. The van der Waals surface area contributed by atoms with E-state index in [0.29, 0.717) is 11.6 Å². The molecule has 0 spiro atoms. The van der Waals surface area contributed by atoms with Gasteiger partial charge in [-0.1, -0.05) is 17.3 Å². The van der Waals surface area contributed by atoms with Crippen molar-refractivity contribution in [2.45, 2.75) is 0 Å². The Balaban J connectivity index is 2.22. The third kappa shape index (κ3) is 1.63. The number of halogens is 1. The van der Waals surface area contributed by atoms with Gasteiger partial charge in [-0.2, -0.15) is 0 Å². The van der Waals surface area contributed by atoms with E-state index in [1.165, 1.54) is 5.39 Å². The average Bonchev–Trinajstić information content (AvgIpc) is 2.85. The zero-order valence-corrected chi connectivity index (χ0v) is 10.7. The molecule has 17 heavy (non-hydrogen) atoms. The Morgan fingerprint density at radius 1 is 1.35 bits per heavy atom. The number of aromatic nitrogens is 2. The summed E-state index contributed by atoms with van der Waals surface area (Å²) < 4.78 is 8.29. The maximum Gasteiger partial charge on any atom is 0.169 e. The molecule has 0 saturated carbocycles. The molecule has 2 N–H and O–H groups in total. The van der Waals surface area contributed by atoms with E-state index in [0.717, 1.165) is 15.6 Å². The van der Waals surface area contributed by atoms with Gasteiger partial charge < -0.3 is 14.8 Å². The highest BCUT2D eigenvalue weighted by Crippen LogP contribution is 2.30. The van der Waals surface area contributed by atoms with E-state index in [-0.39, 0.29) is 0 Å². The lowest BCUT2D eigenvalue weighted by Crippen LogP contribution is -1.84. The molecule has 1 aromatic carbocycles.